The van der Waals surface area contributed by atoms with Crippen LogP contribution in [0.25, 0.3) is 22.0 Å². The largest absolute Gasteiger partial charge is 0.324 e. The zero-order chi connectivity index (χ0) is 13.2. The monoisotopic (exact) mass is 248 g/mol. The summed E-state index contributed by atoms with van der Waals surface area (Å²) in [5, 5.41) is 1.16. The molecule has 0 radical (unpaired) electrons. The number of hydrogen-bond donors (Lipinski definition) is 1. The second kappa shape index (κ2) is 4.82. The average Bonchev–Trinajstić information content (AvgIpc) is 2.46. The number of fused-ring (bicyclic) bond motifs is 1. The van der Waals surface area contributed by atoms with Gasteiger partial charge in [-0.1, -0.05) is 42.5 Å². The number of hydrogen-bond acceptors (Lipinski definition) is 2. The van der Waals surface area contributed by atoms with E-state index in [0.29, 0.717) is 0 Å². The van der Waals surface area contributed by atoms with Gasteiger partial charge in [-0.2, -0.15) is 0 Å². The van der Waals surface area contributed by atoms with Crippen LogP contribution in [0.2, 0.25) is 0 Å². The highest BCUT2D eigenvalue weighted by molar-refractivity contribution is 5.84. The van der Waals surface area contributed by atoms with Crippen LogP contribution in [-0.4, -0.2) is 4.98 Å². The molecule has 0 saturated heterocycles. The minimum atomic E-state index is 0.0237. The smallest absolute Gasteiger partial charge is 0.0708 e. The van der Waals surface area contributed by atoms with Gasteiger partial charge in [0.2, 0.25) is 0 Å². The highest BCUT2D eigenvalue weighted by atomic mass is 14.6. The SMILES string of the molecule is CC(N)c1ccccc1-c1ccc2cccnc2c1. The van der Waals surface area contributed by atoms with Crippen molar-refractivity contribution in [2.45, 2.75) is 13.0 Å². The summed E-state index contributed by atoms with van der Waals surface area (Å²) in [6, 6.07) is 18.7. The number of nitrogens with two attached hydrogens (primary N) is 1. The molecular weight excluding hydrogens is 232 g/mol. The molecule has 1 aromatic heterocycles. The van der Waals surface area contributed by atoms with Crippen LogP contribution in [0.3, 0.4) is 0 Å². The third kappa shape index (κ3) is 2.23. The van der Waals surface area contributed by atoms with Crippen molar-refractivity contribution in [3.05, 3.63) is 66.4 Å². The maximum Gasteiger partial charge on any atom is 0.0708 e. The van der Waals surface area contributed by atoms with Crippen molar-refractivity contribution in [2.75, 3.05) is 0 Å². The van der Waals surface area contributed by atoms with Crippen molar-refractivity contribution in [2.24, 2.45) is 5.73 Å². The van der Waals surface area contributed by atoms with Crippen LogP contribution in [0.15, 0.2) is 60.8 Å². The molecule has 0 saturated carbocycles. The summed E-state index contributed by atoms with van der Waals surface area (Å²) in [7, 11) is 0. The van der Waals surface area contributed by atoms with E-state index in [4.69, 9.17) is 5.73 Å². The van der Waals surface area contributed by atoms with Crippen molar-refractivity contribution in [3.63, 3.8) is 0 Å². The van der Waals surface area contributed by atoms with Crippen LogP contribution in [-0.2, 0) is 0 Å². The van der Waals surface area contributed by atoms with Crippen LogP contribution in [0.4, 0.5) is 0 Å². The Labute approximate surface area is 112 Å². The third-order valence-electron chi connectivity index (χ3n) is 3.37. The molecule has 3 rings (SSSR count). The first-order valence-corrected chi connectivity index (χ1v) is 6.45. The molecule has 0 fully saturated rings. The Morgan fingerprint density at radius 3 is 2.68 bits per heavy atom. The Morgan fingerprint density at radius 2 is 1.84 bits per heavy atom. The lowest BCUT2D eigenvalue weighted by Gasteiger charge is -2.13. The van der Waals surface area contributed by atoms with Crippen molar-refractivity contribution in [3.8, 4) is 11.1 Å². The molecule has 1 atom stereocenters. The number of benzene rings is 2. The fraction of sp³-hybridized carbons (Fsp3) is 0.118. The van der Waals surface area contributed by atoms with Crippen LogP contribution in [0, 0.1) is 0 Å². The van der Waals surface area contributed by atoms with Gasteiger partial charge in [0, 0.05) is 17.6 Å². The van der Waals surface area contributed by atoms with Gasteiger partial charge in [0.15, 0.2) is 0 Å². The molecule has 0 aliphatic rings. The van der Waals surface area contributed by atoms with E-state index in [9.17, 15) is 0 Å². The zero-order valence-corrected chi connectivity index (χ0v) is 10.9. The second-order valence-electron chi connectivity index (χ2n) is 4.79. The molecule has 19 heavy (non-hydrogen) atoms. The average molecular weight is 248 g/mol. The Morgan fingerprint density at radius 1 is 1.00 bits per heavy atom. The van der Waals surface area contributed by atoms with E-state index in [0.717, 1.165) is 16.5 Å². The molecule has 2 aromatic carbocycles. The van der Waals surface area contributed by atoms with Crippen LogP contribution in [0.5, 0.6) is 0 Å². The Kier molecular flexibility index (Phi) is 3.02. The normalized spacial score (nSPS) is 12.5. The van der Waals surface area contributed by atoms with E-state index >= 15 is 0 Å². The fourth-order valence-corrected chi connectivity index (χ4v) is 2.39. The van der Waals surface area contributed by atoms with E-state index in [1.807, 2.05) is 31.3 Å². The lowest BCUT2D eigenvalue weighted by Crippen LogP contribution is -2.06. The van der Waals surface area contributed by atoms with Crippen LogP contribution >= 0.6 is 0 Å². The summed E-state index contributed by atoms with van der Waals surface area (Å²) >= 11 is 0. The van der Waals surface area contributed by atoms with Crippen LogP contribution in [0.1, 0.15) is 18.5 Å². The van der Waals surface area contributed by atoms with Gasteiger partial charge in [0.1, 0.15) is 0 Å². The fourth-order valence-electron chi connectivity index (χ4n) is 2.39. The minimum Gasteiger partial charge on any atom is -0.324 e. The summed E-state index contributed by atoms with van der Waals surface area (Å²) in [6.45, 7) is 2.01. The van der Waals surface area contributed by atoms with E-state index < -0.39 is 0 Å². The summed E-state index contributed by atoms with van der Waals surface area (Å²) < 4.78 is 0. The number of aromatic nitrogens is 1. The molecule has 0 aliphatic carbocycles. The number of rotatable bonds is 2. The second-order valence-corrected chi connectivity index (χ2v) is 4.79. The molecule has 2 nitrogen and oxygen atoms in total. The molecule has 2 heteroatoms. The van der Waals surface area contributed by atoms with E-state index in [1.165, 1.54) is 11.1 Å². The molecule has 3 aromatic rings. The highest BCUT2D eigenvalue weighted by Crippen LogP contribution is 2.29. The number of pyridine rings is 1. The zero-order valence-electron chi connectivity index (χ0n) is 10.9. The van der Waals surface area contributed by atoms with Gasteiger partial charge in [-0.3, -0.25) is 4.98 Å². The molecule has 0 spiro atoms. The molecule has 1 heterocycles. The summed E-state index contributed by atoms with van der Waals surface area (Å²) in [5.41, 5.74) is 10.6. The van der Waals surface area contributed by atoms with Gasteiger partial charge in [-0.15, -0.1) is 0 Å². The lowest BCUT2D eigenvalue weighted by atomic mass is 9.95. The summed E-state index contributed by atoms with van der Waals surface area (Å²) in [4.78, 5) is 4.41. The van der Waals surface area contributed by atoms with Crippen molar-refractivity contribution >= 4 is 10.9 Å². The highest BCUT2D eigenvalue weighted by Gasteiger charge is 2.08. The van der Waals surface area contributed by atoms with Crippen molar-refractivity contribution in [1.82, 2.24) is 4.98 Å². The van der Waals surface area contributed by atoms with Gasteiger partial charge >= 0.3 is 0 Å². The first kappa shape index (κ1) is 11.9. The predicted molar refractivity (Wildman–Crippen MR) is 79.8 cm³/mol. The van der Waals surface area contributed by atoms with Gasteiger partial charge in [0.05, 0.1) is 5.52 Å². The Balaban J connectivity index is 2.19. The quantitative estimate of drug-likeness (QED) is 0.746. The van der Waals surface area contributed by atoms with E-state index in [-0.39, 0.29) is 6.04 Å². The van der Waals surface area contributed by atoms with Gasteiger partial charge in [-0.05, 0) is 35.7 Å². The van der Waals surface area contributed by atoms with Crippen LogP contribution < -0.4 is 5.73 Å². The Bertz CT molecular complexity index is 717. The predicted octanol–water partition coefficient (Wildman–Crippen LogP) is 3.92. The van der Waals surface area contributed by atoms with E-state index in [1.54, 1.807) is 0 Å². The molecule has 2 N–H and O–H groups in total. The first-order valence-electron chi connectivity index (χ1n) is 6.45. The van der Waals surface area contributed by atoms with Crippen molar-refractivity contribution in [1.29, 1.82) is 0 Å². The molecule has 1 unspecified atom stereocenters. The summed E-state index contributed by atoms with van der Waals surface area (Å²) in [5.74, 6) is 0. The van der Waals surface area contributed by atoms with Gasteiger partial charge in [-0.25, -0.2) is 0 Å². The Hall–Kier alpha value is -2.19. The van der Waals surface area contributed by atoms with E-state index in [2.05, 4.69) is 41.4 Å². The van der Waals surface area contributed by atoms with Crippen molar-refractivity contribution < 1.29 is 0 Å². The van der Waals surface area contributed by atoms with Gasteiger partial charge < -0.3 is 5.73 Å². The topological polar surface area (TPSA) is 38.9 Å². The number of nitrogens with zero attached hydrogens (tertiary/aromatic N) is 1. The summed E-state index contributed by atoms with van der Waals surface area (Å²) in [6.07, 6.45) is 1.82. The molecule has 0 amide bonds. The maximum atomic E-state index is 6.05. The first-order chi connectivity index (χ1) is 9.25. The minimum absolute atomic E-state index is 0.0237. The molecule has 94 valence electrons. The standard InChI is InChI=1S/C17H16N2/c1-12(18)15-6-2-3-7-16(15)14-9-8-13-5-4-10-19-17(13)11-14/h2-12H,18H2,1H3. The molecule has 0 aliphatic heterocycles. The molecular formula is C17H16N2. The van der Waals surface area contributed by atoms with Gasteiger partial charge in [0.25, 0.3) is 0 Å². The lowest BCUT2D eigenvalue weighted by molar-refractivity contribution is 0.820. The molecule has 0 bridgehead atoms. The third-order valence-corrected chi connectivity index (χ3v) is 3.37. The maximum absolute atomic E-state index is 6.05.